The molecule has 0 aliphatic heterocycles. The normalized spacial score (nSPS) is 13.7. The molecule has 3 heterocycles. The molecule has 0 saturated heterocycles. The fourth-order valence-electron chi connectivity index (χ4n) is 9.59. The molecule has 8 aromatic carbocycles. The molecule has 0 fully saturated rings. The first-order chi connectivity index (χ1) is 31.2. The first-order valence-corrected chi connectivity index (χ1v) is 21.8. The minimum atomic E-state index is 0.269. The molecule has 63 heavy (non-hydrogen) atoms. The Balaban J connectivity index is 0.961. The SMILES string of the molecule is C1=CCC(c2cc(-c3ccccc3)nc3ccc4ccc(-c5cccc(-c6cc(-c7ccccc7)nc(-c7ccc(-n8c9ccccc9c9ccccc98)cc7)c6)c5)cc4c23)C=C1. The molecule has 0 bridgehead atoms. The van der Waals surface area contributed by atoms with Gasteiger partial charge in [-0.05, 0) is 106 Å². The van der Waals surface area contributed by atoms with Crippen LogP contribution in [-0.2, 0) is 0 Å². The third-order valence-corrected chi connectivity index (χ3v) is 12.7. The average molecular weight is 804 g/mol. The van der Waals surface area contributed by atoms with Crippen molar-refractivity contribution in [3.05, 3.63) is 236 Å². The van der Waals surface area contributed by atoms with Crippen LogP contribution in [0.2, 0.25) is 0 Å². The first-order valence-electron chi connectivity index (χ1n) is 21.8. The maximum Gasteiger partial charge on any atom is 0.0718 e. The molecule has 0 saturated carbocycles. The van der Waals surface area contributed by atoms with Gasteiger partial charge in [-0.3, -0.25) is 0 Å². The molecule has 1 aliphatic carbocycles. The molecular formula is C60H41N3. The third kappa shape index (κ3) is 6.63. The minimum Gasteiger partial charge on any atom is -0.309 e. The van der Waals surface area contributed by atoms with Crippen molar-refractivity contribution in [2.24, 2.45) is 0 Å². The zero-order valence-electron chi connectivity index (χ0n) is 34.6. The maximum absolute atomic E-state index is 5.29. The van der Waals surface area contributed by atoms with E-state index in [0.29, 0.717) is 0 Å². The van der Waals surface area contributed by atoms with Gasteiger partial charge in [-0.1, -0.05) is 170 Å². The van der Waals surface area contributed by atoms with Crippen molar-refractivity contribution in [3.8, 4) is 61.7 Å². The van der Waals surface area contributed by atoms with E-state index in [1.807, 2.05) is 0 Å². The highest BCUT2D eigenvalue weighted by Crippen LogP contribution is 2.40. The lowest BCUT2D eigenvalue weighted by Gasteiger charge is -2.19. The number of para-hydroxylation sites is 2. The third-order valence-electron chi connectivity index (χ3n) is 12.7. The molecule has 0 amide bonds. The smallest absolute Gasteiger partial charge is 0.0718 e. The summed E-state index contributed by atoms with van der Waals surface area (Å²) >= 11 is 0. The average Bonchev–Trinajstić information content (AvgIpc) is 3.71. The Morgan fingerprint density at radius 1 is 0.397 bits per heavy atom. The number of allylic oxidation sites excluding steroid dienone is 4. The topological polar surface area (TPSA) is 30.7 Å². The van der Waals surface area contributed by atoms with Crippen LogP contribution in [0.5, 0.6) is 0 Å². The van der Waals surface area contributed by atoms with Gasteiger partial charge in [-0.15, -0.1) is 0 Å². The standard InChI is InChI=1S/C60H41N3/c1-4-15-40(16-5-1)53-39-57(43-19-8-3-9-20-43)61-54-34-31-41-27-28-47(36-52(41)60(53)54)45-21-14-22-46(35-45)48-37-55(42-17-6-2-7-18-42)62-56(38-48)44-29-32-49(33-30-44)63-58-25-12-10-23-50(58)51-24-11-13-26-59(51)63/h1-15,17-40H,16H2. The summed E-state index contributed by atoms with van der Waals surface area (Å²) in [6.07, 6.45) is 9.91. The van der Waals surface area contributed by atoms with Crippen LogP contribution in [0.1, 0.15) is 17.9 Å². The molecule has 1 unspecified atom stereocenters. The lowest BCUT2D eigenvalue weighted by atomic mass is 9.86. The van der Waals surface area contributed by atoms with Crippen molar-refractivity contribution in [2.75, 3.05) is 0 Å². The van der Waals surface area contributed by atoms with E-state index in [0.717, 1.165) is 68.1 Å². The summed E-state index contributed by atoms with van der Waals surface area (Å²) in [5.74, 6) is 0.269. The van der Waals surface area contributed by atoms with Crippen LogP contribution >= 0.6 is 0 Å². The predicted molar refractivity (Wildman–Crippen MR) is 264 cm³/mol. The Kier molecular flexibility index (Phi) is 8.97. The number of rotatable bonds is 7. The lowest BCUT2D eigenvalue weighted by molar-refractivity contribution is 0.861. The summed E-state index contributed by atoms with van der Waals surface area (Å²) in [4.78, 5) is 10.6. The zero-order valence-corrected chi connectivity index (χ0v) is 34.6. The van der Waals surface area contributed by atoms with Gasteiger partial charge in [-0.25, -0.2) is 9.97 Å². The zero-order chi connectivity index (χ0) is 41.7. The molecule has 12 rings (SSSR count). The van der Waals surface area contributed by atoms with Gasteiger partial charge in [0.15, 0.2) is 0 Å². The second-order valence-electron chi connectivity index (χ2n) is 16.5. The molecule has 3 nitrogen and oxygen atoms in total. The number of hydrogen-bond acceptors (Lipinski definition) is 2. The first kappa shape index (κ1) is 36.7. The molecule has 3 heteroatoms. The van der Waals surface area contributed by atoms with E-state index in [9.17, 15) is 0 Å². The van der Waals surface area contributed by atoms with Crippen molar-refractivity contribution in [2.45, 2.75) is 12.3 Å². The van der Waals surface area contributed by atoms with E-state index in [1.54, 1.807) is 0 Å². The number of aromatic nitrogens is 3. The molecule has 11 aromatic rings. The van der Waals surface area contributed by atoms with E-state index in [1.165, 1.54) is 49.1 Å². The molecule has 0 radical (unpaired) electrons. The Labute approximate surface area is 366 Å². The van der Waals surface area contributed by atoms with Crippen molar-refractivity contribution in [1.29, 1.82) is 0 Å². The fraction of sp³-hybridized carbons (Fsp3) is 0.0333. The second kappa shape index (κ2) is 15.4. The predicted octanol–water partition coefficient (Wildman–Crippen LogP) is 15.8. The molecule has 3 aromatic heterocycles. The van der Waals surface area contributed by atoms with Crippen LogP contribution in [-0.4, -0.2) is 14.5 Å². The van der Waals surface area contributed by atoms with Gasteiger partial charge in [0, 0.05) is 44.5 Å². The van der Waals surface area contributed by atoms with Crippen LogP contribution in [0.4, 0.5) is 0 Å². The van der Waals surface area contributed by atoms with Crippen molar-refractivity contribution >= 4 is 43.5 Å². The van der Waals surface area contributed by atoms with E-state index < -0.39 is 0 Å². The monoisotopic (exact) mass is 803 g/mol. The number of benzene rings is 8. The van der Waals surface area contributed by atoms with Gasteiger partial charge in [0.25, 0.3) is 0 Å². The number of hydrogen-bond donors (Lipinski definition) is 0. The van der Waals surface area contributed by atoms with Crippen LogP contribution in [0.15, 0.2) is 231 Å². The molecule has 0 spiro atoms. The summed E-state index contributed by atoms with van der Waals surface area (Å²) < 4.78 is 2.36. The van der Waals surface area contributed by atoms with Crippen LogP contribution in [0.25, 0.3) is 105 Å². The highest BCUT2D eigenvalue weighted by molar-refractivity contribution is 6.11. The second-order valence-corrected chi connectivity index (χ2v) is 16.5. The van der Waals surface area contributed by atoms with Gasteiger partial charge in [0.05, 0.1) is 33.6 Å². The van der Waals surface area contributed by atoms with Gasteiger partial charge < -0.3 is 4.57 Å². The summed E-state index contributed by atoms with van der Waals surface area (Å²) in [5, 5.41) is 6.18. The highest BCUT2D eigenvalue weighted by atomic mass is 15.0. The van der Waals surface area contributed by atoms with Gasteiger partial charge in [0.1, 0.15) is 0 Å². The van der Waals surface area contributed by atoms with Crippen LogP contribution in [0, 0.1) is 0 Å². The van der Waals surface area contributed by atoms with E-state index >= 15 is 0 Å². The fourth-order valence-corrected chi connectivity index (χ4v) is 9.59. The van der Waals surface area contributed by atoms with Crippen molar-refractivity contribution < 1.29 is 0 Å². The molecule has 0 N–H and O–H groups in total. The Morgan fingerprint density at radius 2 is 0.952 bits per heavy atom. The van der Waals surface area contributed by atoms with Crippen LogP contribution < -0.4 is 0 Å². The Morgan fingerprint density at radius 3 is 1.62 bits per heavy atom. The highest BCUT2D eigenvalue weighted by Gasteiger charge is 2.19. The summed E-state index contributed by atoms with van der Waals surface area (Å²) in [5.41, 5.74) is 16.6. The number of nitrogens with zero attached hydrogens (tertiary/aromatic N) is 3. The summed E-state index contributed by atoms with van der Waals surface area (Å²) in [6.45, 7) is 0. The van der Waals surface area contributed by atoms with E-state index in [2.05, 4.69) is 235 Å². The molecule has 1 atom stereocenters. The van der Waals surface area contributed by atoms with Gasteiger partial charge in [-0.2, -0.15) is 0 Å². The number of pyridine rings is 2. The van der Waals surface area contributed by atoms with E-state index in [4.69, 9.17) is 9.97 Å². The quantitative estimate of drug-likeness (QED) is 0.150. The van der Waals surface area contributed by atoms with Gasteiger partial charge in [0.2, 0.25) is 0 Å². The van der Waals surface area contributed by atoms with Crippen molar-refractivity contribution in [3.63, 3.8) is 0 Å². The Hall–Kier alpha value is -8.14. The largest absolute Gasteiger partial charge is 0.309 e. The molecular weight excluding hydrogens is 763 g/mol. The summed E-state index contributed by atoms with van der Waals surface area (Å²) in [6, 6.07) is 74.3. The summed E-state index contributed by atoms with van der Waals surface area (Å²) in [7, 11) is 0. The molecule has 1 aliphatic rings. The van der Waals surface area contributed by atoms with Crippen molar-refractivity contribution in [1.82, 2.24) is 14.5 Å². The minimum absolute atomic E-state index is 0.269. The van der Waals surface area contributed by atoms with Gasteiger partial charge >= 0.3 is 0 Å². The Bertz CT molecular complexity index is 3530. The van der Waals surface area contributed by atoms with Crippen LogP contribution in [0.3, 0.4) is 0 Å². The lowest BCUT2D eigenvalue weighted by Crippen LogP contribution is -2.01. The number of fused-ring (bicyclic) bond motifs is 6. The van der Waals surface area contributed by atoms with E-state index in [-0.39, 0.29) is 5.92 Å². The maximum atomic E-state index is 5.29. The molecule has 296 valence electrons.